The molecule has 5 nitrogen and oxygen atoms in total. The minimum atomic E-state index is -3.77. The second kappa shape index (κ2) is 5.58. The number of hydrogen-bond donors (Lipinski definition) is 1. The maximum absolute atomic E-state index is 12.4. The molecule has 3 aromatic rings. The zero-order chi connectivity index (χ0) is 15.0. The molecule has 0 saturated heterocycles. The van der Waals surface area contributed by atoms with Crippen molar-refractivity contribution in [3.63, 3.8) is 0 Å². The summed E-state index contributed by atoms with van der Waals surface area (Å²) in [6.45, 7) is 0.122. The third-order valence-corrected chi connectivity index (χ3v) is 5.58. The summed E-state index contributed by atoms with van der Waals surface area (Å²) < 4.78 is 28.8. The van der Waals surface area contributed by atoms with Gasteiger partial charge in [-0.25, -0.2) is 18.1 Å². The molecular formula is C12H9Cl2N3O2S2. The molecule has 1 aromatic carbocycles. The number of halogens is 2. The van der Waals surface area contributed by atoms with Crippen LogP contribution < -0.4 is 4.72 Å². The normalized spacial score (nSPS) is 12.1. The highest BCUT2D eigenvalue weighted by Crippen LogP contribution is 2.25. The van der Waals surface area contributed by atoms with Gasteiger partial charge in [0.1, 0.15) is 0 Å². The molecule has 0 aliphatic carbocycles. The molecule has 0 radical (unpaired) electrons. The molecule has 0 fully saturated rings. The van der Waals surface area contributed by atoms with Crippen LogP contribution in [0.3, 0.4) is 0 Å². The van der Waals surface area contributed by atoms with E-state index in [4.69, 9.17) is 23.2 Å². The number of nitrogens with one attached hydrogen (secondary N) is 1. The number of hydrogen-bond acceptors (Lipinski definition) is 4. The second-order valence-electron chi connectivity index (χ2n) is 4.22. The van der Waals surface area contributed by atoms with Gasteiger partial charge in [-0.2, -0.15) is 0 Å². The fourth-order valence-electron chi connectivity index (χ4n) is 1.87. The van der Waals surface area contributed by atoms with Crippen molar-refractivity contribution in [1.82, 2.24) is 14.1 Å². The molecule has 2 aromatic heterocycles. The van der Waals surface area contributed by atoms with Crippen LogP contribution in [0.25, 0.3) is 4.96 Å². The topological polar surface area (TPSA) is 63.5 Å². The van der Waals surface area contributed by atoms with Gasteiger partial charge in [-0.1, -0.05) is 35.3 Å². The summed E-state index contributed by atoms with van der Waals surface area (Å²) in [7, 11) is -3.77. The van der Waals surface area contributed by atoms with Gasteiger partial charge in [0.2, 0.25) is 0 Å². The Kier molecular flexibility index (Phi) is 3.94. The van der Waals surface area contributed by atoms with Gasteiger partial charge in [-0.3, -0.25) is 4.40 Å². The lowest BCUT2D eigenvalue weighted by Crippen LogP contribution is -2.24. The van der Waals surface area contributed by atoms with Gasteiger partial charge in [-0.05, 0) is 17.7 Å². The third kappa shape index (κ3) is 2.93. The lowest BCUT2D eigenvalue weighted by atomic mass is 10.2. The number of aromatic nitrogens is 2. The number of fused-ring (bicyclic) bond motifs is 1. The molecule has 0 saturated carbocycles. The van der Waals surface area contributed by atoms with Crippen molar-refractivity contribution in [3.05, 3.63) is 51.6 Å². The minimum Gasteiger partial charge on any atom is -0.279 e. The molecule has 0 unspecified atom stereocenters. The summed E-state index contributed by atoms with van der Waals surface area (Å²) in [5.74, 6) is 0. The molecule has 0 bridgehead atoms. The molecule has 0 atom stereocenters. The molecule has 3 rings (SSSR count). The quantitative estimate of drug-likeness (QED) is 0.775. The van der Waals surface area contributed by atoms with E-state index in [9.17, 15) is 8.42 Å². The van der Waals surface area contributed by atoms with E-state index in [-0.39, 0.29) is 16.7 Å². The lowest BCUT2D eigenvalue weighted by Gasteiger charge is -2.06. The van der Waals surface area contributed by atoms with Crippen molar-refractivity contribution in [1.29, 1.82) is 0 Å². The smallest absolute Gasteiger partial charge is 0.260 e. The molecule has 0 amide bonds. The van der Waals surface area contributed by atoms with Gasteiger partial charge >= 0.3 is 0 Å². The highest BCUT2D eigenvalue weighted by atomic mass is 35.5. The van der Waals surface area contributed by atoms with Gasteiger partial charge < -0.3 is 0 Å². The minimum absolute atomic E-state index is 0.0413. The van der Waals surface area contributed by atoms with Gasteiger partial charge in [0.15, 0.2) is 15.1 Å². The SMILES string of the molecule is O=S(=O)(NCc1cccc(Cl)c1)c1c(Cl)nc2sccn12. The molecule has 110 valence electrons. The van der Waals surface area contributed by atoms with E-state index in [1.165, 1.54) is 15.7 Å². The highest BCUT2D eigenvalue weighted by molar-refractivity contribution is 7.89. The summed E-state index contributed by atoms with van der Waals surface area (Å²) in [6, 6.07) is 6.96. The van der Waals surface area contributed by atoms with Gasteiger partial charge in [0.05, 0.1) is 0 Å². The summed E-state index contributed by atoms with van der Waals surface area (Å²) in [5, 5.41) is 2.20. The van der Waals surface area contributed by atoms with Gasteiger partial charge in [0, 0.05) is 23.1 Å². The Hall–Kier alpha value is -1.12. The second-order valence-corrected chi connectivity index (χ2v) is 7.57. The predicted molar refractivity (Wildman–Crippen MR) is 83.6 cm³/mol. The zero-order valence-corrected chi connectivity index (χ0v) is 13.6. The number of sulfonamides is 1. The molecule has 0 aliphatic heterocycles. The average molecular weight is 362 g/mol. The first-order valence-electron chi connectivity index (χ1n) is 5.82. The van der Waals surface area contributed by atoms with Crippen molar-refractivity contribution in [2.45, 2.75) is 11.6 Å². The first kappa shape index (κ1) is 14.8. The van der Waals surface area contributed by atoms with Crippen LogP contribution in [0.1, 0.15) is 5.56 Å². The van der Waals surface area contributed by atoms with Crippen LogP contribution in [0.2, 0.25) is 10.2 Å². The first-order valence-corrected chi connectivity index (χ1v) is 8.94. The first-order chi connectivity index (χ1) is 9.97. The number of nitrogens with zero attached hydrogens (tertiary/aromatic N) is 2. The molecule has 0 aliphatic rings. The summed E-state index contributed by atoms with van der Waals surface area (Å²) in [6.07, 6.45) is 1.62. The standard InChI is InChI=1S/C12H9Cl2N3O2S2/c13-9-3-1-2-8(6-9)7-15-21(18,19)11-10(14)16-12-17(11)4-5-20-12/h1-6,15H,7H2. The number of imidazole rings is 1. The van der Waals surface area contributed by atoms with Gasteiger partial charge in [0.25, 0.3) is 10.0 Å². The molecular weight excluding hydrogens is 353 g/mol. The van der Waals surface area contributed by atoms with Crippen LogP contribution in [-0.4, -0.2) is 17.8 Å². The fraction of sp³-hybridized carbons (Fsp3) is 0.0833. The Bertz CT molecular complexity index is 902. The molecule has 9 heteroatoms. The predicted octanol–water partition coefficient (Wildman–Crippen LogP) is 3.18. The van der Waals surface area contributed by atoms with Crippen molar-refractivity contribution in [2.24, 2.45) is 0 Å². The molecule has 1 N–H and O–H groups in total. The maximum Gasteiger partial charge on any atom is 0.260 e. The summed E-state index contributed by atoms with van der Waals surface area (Å²) >= 11 is 13.1. The van der Waals surface area contributed by atoms with Crippen molar-refractivity contribution in [3.8, 4) is 0 Å². The Morgan fingerprint density at radius 2 is 2.14 bits per heavy atom. The van der Waals surface area contributed by atoms with E-state index < -0.39 is 10.0 Å². The molecule has 0 spiro atoms. The Labute approximate surface area is 135 Å². The Balaban J connectivity index is 1.90. The zero-order valence-electron chi connectivity index (χ0n) is 10.5. The van der Waals surface area contributed by atoms with Crippen LogP contribution in [0.4, 0.5) is 0 Å². The maximum atomic E-state index is 12.4. The van der Waals surface area contributed by atoms with E-state index in [1.54, 1.807) is 35.8 Å². The monoisotopic (exact) mass is 361 g/mol. The largest absolute Gasteiger partial charge is 0.279 e. The van der Waals surface area contributed by atoms with Gasteiger partial charge in [-0.15, -0.1) is 11.3 Å². The summed E-state index contributed by atoms with van der Waals surface area (Å²) in [4.78, 5) is 4.55. The average Bonchev–Trinajstić information content (AvgIpc) is 2.96. The fourth-order valence-corrected chi connectivity index (χ4v) is 4.55. The lowest BCUT2D eigenvalue weighted by molar-refractivity contribution is 0.576. The van der Waals surface area contributed by atoms with E-state index in [2.05, 4.69) is 9.71 Å². The Morgan fingerprint density at radius 1 is 1.33 bits per heavy atom. The molecule has 2 heterocycles. The van der Waals surface area contributed by atoms with Crippen LogP contribution in [-0.2, 0) is 16.6 Å². The van der Waals surface area contributed by atoms with Crippen molar-refractivity contribution < 1.29 is 8.42 Å². The summed E-state index contributed by atoms with van der Waals surface area (Å²) in [5.41, 5.74) is 0.758. The van der Waals surface area contributed by atoms with Crippen molar-refractivity contribution in [2.75, 3.05) is 0 Å². The van der Waals surface area contributed by atoms with E-state index in [0.29, 0.717) is 9.98 Å². The number of rotatable bonds is 4. The van der Waals surface area contributed by atoms with E-state index in [0.717, 1.165) is 5.56 Å². The molecule has 21 heavy (non-hydrogen) atoms. The third-order valence-electron chi connectivity index (χ3n) is 2.79. The van der Waals surface area contributed by atoms with Crippen LogP contribution in [0.5, 0.6) is 0 Å². The number of benzene rings is 1. The van der Waals surface area contributed by atoms with E-state index in [1.807, 2.05) is 0 Å². The van der Waals surface area contributed by atoms with Crippen LogP contribution >= 0.6 is 34.5 Å². The van der Waals surface area contributed by atoms with Crippen LogP contribution in [0.15, 0.2) is 40.9 Å². The number of thiazole rings is 1. The van der Waals surface area contributed by atoms with E-state index >= 15 is 0 Å². The van der Waals surface area contributed by atoms with Crippen molar-refractivity contribution >= 4 is 49.5 Å². The highest BCUT2D eigenvalue weighted by Gasteiger charge is 2.24. The van der Waals surface area contributed by atoms with Crippen LogP contribution in [0, 0.1) is 0 Å². The Morgan fingerprint density at radius 3 is 2.90 bits per heavy atom.